The maximum absolute atomic E-state index is 5.94. The molecule has 0 aromatic heterocycles. The van der Waals surface area contributed by atoms with Crippen molar-refractivity contribution in [3.05, 3.63) is 29.3 Å². The van der Waals surface area contributed by atoms with E-state index in [1.54, 1.807) is 0 Å². The number of ether oxygens (including phenoxy) is 2. The first-order valence-electron chi connectivity index (χ1n) is 7.20. The van der Waals surface area contributed by atoms with Crippen LogP contribution < -0.4 is 10.1 Å². The monoisotopic (exact) mass is 261 g/mol. The Balaban J connectivity index is 1.86. The van der Waals surface area contributed by atoms with Crippen molar-refractivity contribution in [3.63, 3.8) is 0 Å². The van der Waals surface area contributed by atoms with Gasteiger partial charge in [0.15, 0.2) is 0 Å². The lowest BCUT2D eigenvalue weighted by Crippen LogP contribution is -2.29. The summed E-state index contributed by atoms with van der Waals surface area (Å²) in [5.41, 5.74) is 2.56. The fourth-order valence-electron chi connectivity index (χ4n) is 3.26. The minimum Gasteiger partial charge on any atom is -0.487 e. The third-order valence-electron chi connectivity index (χ3n) is 4.09. The molecular weight excluding hydrogens is 238 g/mol. The molecule has 2 atom stereocenters. The van der Waals surface area contributed by atoms with E-state index in [0.29, 0.717) is 6.10 Å². The van der Waals surface area contributed by atoms with Crippen LogP contribution in [0.5, 0.6) is 5.75 Å². The molecule has 0 amide bonds. The minimum absolute atomic E-state index is 0.0695. The minimum atomic E-state index is -0.0695. The summed E-state index contributed by atoms with van der Waals surface area (Å²) in [5, 5.41) is 3.41. The molecule has 0 spiro atoms. The fraction of sp³-hybridized carbons (Fsp3) is 0.625. The molecule has 2 aliphatic heterocycles. The van der Waals surface area contributed by atoms with E-state index in [9.17, 15) is 0 Å². The molecule has 3 rings (SSSR count). The number of rotatable bonds is 3. The van der Waals surface area contributed by atoms with E-state index in [0.717, 1.165) is 25.2 Å². The van der Waals surface area contributed by atoms with Crippen molar-refractivity contribution in [2.45, 2.75) is 50.9 Å². The summed E-state index contributed by atoms with van der Waals surface area (Å²) in [6.45, 7) is 5.18. The number of likely N-dealkylation sites (N-methyl/N-ethyl adjacent to an activating group) is 1. The van der Waals surface area contributed by atoms with E-state index in [4.69, 9.17) is 9.47 Å². The zero-order chi connectivity index (χ0) is 13.5. The van der Waals surface area contributed by atoms with Gasteiger partial charge in [-0.15, -0.1) is 0 Å². The smallest absolute Gasteiger partial charge is 0.123 e. The first kappa shape index (κ1) is 12.9. The zero-order valence-corrected chi connectivity index (χ0v) is 12.0. The van der Waals surface area contributed by atoms with Crippen molar-refractivity contribution in [2.75, 3.05) is 13.7 Å². The summed E-state index contributed by atoms with van der Waals surface area (Å²) in [6, 6.07) is 6.85. The zero-order valence-electron chi connectivity index (χ0n) is 12.0. The molecule has 104 valence electrons. The second-order valence-corrected chi connectivity index (χ2v) is 6.22. The van der Waals surface area contributed by atoms with Gasteiger partial charge in [-0.05, 0) is 50.9 Å². The molecule has 0 saturated carbocycles. The average molecular weight is 261 g/mol. The molecule has 1 N–H and O–H groups in total. The number of hydrogen-bond donors (Lipinski definition) is 1. The third-order valence-corrected chi connectivity index (χ3v) is 4.09. The lowest BCUT2D eigenvalue weighted by molar-refractivity contribution is 0.0807. The van der Waals surface area contributed by atoms with Gasteiger partial charge in [0.1, 0.15) is 11.4 Å². The van der Waals surface area contributed by atoms with Gasteiger partial charge in [0.05, 0.1) is 12.1 Å². The van der Waals surface area contributed by atoms with Crippen LogP contribution in [0.3, 0.4) is 0 Å². The molecule has 1 saturated heterocycles. The molecular formula is C16H23NO2. The number of benzene rings is 1. The third kappa shape index (κ3) is 2.49. The van der Waals surface area contributed by atoms with Crippen LogP contribution >= 0.6 is 0 Å². The average Bonchev–Trinajstić information content (AvgIpc) is 2.95. The van der Waals surface area contributed by atoms with Gasteiger partial charge in [-0.3, -0.25) is 0 Å². The molecule has 0 radical (unpaired) electrons. The lowest BCUT2D eigenvalue weighted by Gasteiger charge is -2.23. The van der Waals surface area contributed by atoms with Gasteiger partial charge in [0, 0.05) is 13.0 Å². The van der Waals surface area contributed by atoms with Crippen LogP contribution in [0.1, 0.15) is 43.9 Å². The first-order valence-corrected chi connectivity index (χ1v) is 7.20. The highest BCUT2D eigenvalue weighted by Crippen LogP contribution is 2.37. The molecule has 19 heavy (non-hydrogen) atoms. The summed E-state index contributed by atoms with van der Waals surface area (Å²) in [4.78, 5) is 0. The van der Waals surface area contributed by atoms with Crippen LogP contribution in [0.15, 0.2) is 18.2 Å². The highest BCUT2D eigenvalue weighted by molar-refractivity contribution is 5.43. The molecule has 2 heterocycles. The second-order valence-electron chi connectivity index (χ2n) is 6.22. The van der Waals surface area contributed by atoms with Crippen molar-refractivity contribution in [2.24, 2.45) is 0 Å². The Labute approximate surface area is 115 Å². The SMILES string of the molecule is CNC(c1ccc2c(c1)CC(C)(C)O2)C1CCCO1. The van der Waals surface area contributed by atoms with Crippen LogP contribution in [0, 0.1) is 0 Å². The Bertz CT molecular complexity index is 464. The van der Waals surface area contributed by atoms with E-state index < -0.39 is 0 Å². The van der Waals surface area contributed by atoms with Crippen molar-refractivity contribution >= 4 is 0 Å². The Morgan fingerprint density at radius 2 is 2.21 bits per heavy atom. The predicted octanol–water partition coefficient (Wildman–Crippen LogP) is 2.84. The molecule has 3 nitrogen and oxygen atoms in total. The lowest BCUT2D eigenvalue weighted by atomic mass is 9.95. The normalized spacial score (nSPS) is 25.9. The van der Waals surface area contributed by atoms with Crippen LogP contribution in [-0.4, -0.2) is 25.4 Å². The Hall–Kier alpha value is -1.06. The van der Waals surface area contributed by atoms with E-state index >= 15 is 0 Å². The molecule has 1 aromatic rings. The van der Waals surface area contributed by atoms with E-state index in [1.165, 1.54) is 17.5 Å². The van der Waals surface area contributed by atoms with Crippen LogP contribution in [0.25, 0.3) is 0 Å². The molecule has 3 heteroatoms. The Morgan fingerprint density at radius 3 is 2.89 bits per heavy atom. The Kier molecular flexibility index (Phi) is 3.27. The van der Waals surface area contributed by atoms with Crippen molar-refractivity contribution in [1.29, 1.82) is 0 Å². The summed E-state index contributed by atoms with van der Waals surface area (Å²) in [6.07, 6.45) is 3.60. The predicted molar refractivity (Wildman–Crippen MR) is 75.6 cm³/mol. The number of nitrogens with one attached hydrogen (secondary N) is 1. The van der Waals surface area contributed by atoms with E-state index in [2.05, 4.69) is 37.4 Å². The molecule has 2 unspecified atom stereocenters. The molecule has 0 bridgehead atoms. The van der Waals surface area contributed by atoms with Crippen LogP contribution in [0.2, 0.25) is 0 Å². The second kappa shape index (κ2) is 4.80. The molecule has 0 aliphatic carbocycles. The fourth-order valence-corrected chi connectivity index (χ4v) is 3.26. The van der Waals surface area contributed by atoms with Gasteiger partial charge in [-0.1, -0.05) is 12.1 Å². The van der Waals surface area contributed by atoms with Crippen molar-refractivity contribution in [1.82, 2.24) is 5.32 Å². The standard InChI is InChI=1S/C16H23NO2/c1-16(2)10-12-9-11(6-7-13(12)19-16)15(17-3)14-5-4-8-18-14/h6-7,9,14-15,17H,4-5,8,10H2,1-3H3. The maximum atomic E-state index is 5.94. The summed E-state index contributed by atoms with van der Waals surface area (Å²) >= 11 is 0. The van der Waals surface area contributed by atoms with Gasteiger partial charge in [-0.25, -0.2) is 0 Å². The van der Waals surface area contributed by atoms with E-state index in [1.807, 2.05) is 7.05 Å². The molecule has 1 aromatic carbocycles. The first-order chi connectivity index (χ1) is 9.09. The quantitative estimate of drug-likeness (QED) is 0.907. The molecule has 2 aliphatic rings. The van der Waals surface area contributed by atoms with Gasteiger partial charge in [0.25, 0.3) is 0 Å². The topological polar surface area (TPSA) is 30.5 Å². The highest BCUT2D eigenvalue weighted by Gasteiger charge is 2.32. The van der Waals surface area contributed by atoms with Crippen LogP contribution in [-0.2, 0) is 11.2 Å². The molecule has 1 fully saturated rings. The summed E-state index contributed by atoms with van der Waals surface area (Å²) in [5.74, 6) is 1.04. The number of fused-ring (bicyclic) bond motifs is 1. The summed E-state index contributed by atoms with van der Waals surface area (Å²) < 4.78 is 11.8. The maximum Gasteiger partial charge on any atom is 0.123 e. The van der Waals surface area contributed by atoms with Gasteiger partial charge in [-0.2, -0.15) is 0 Å². The van der Waals surface area contributed by atoms with Crippen LogP contribution in [0.4, 0.5) is 0 Å². The van der Waals surface area contributed by atoms with Gasteiger partial charge < -0.3 is 14.8 Å². The number of hydrogen-bond acceptors (Lipinski definition) is 3. The van der Waals surface area contributed by atoms with Gasteiger partial charge in [0.2, 0.25) is 0 Å². The van der Waals surface area contributed by atoms with Crippen molar-refractivity contribution in [3.8, 4) is 5.75 Å². The largest absolute Gasteiger partial charge is 0.487 e. The van der Waals surface area contributed by atoms with E-state index in [-0.39, 0.29) is 11.6 Å². The van der Waals surface area contributed by atoms with Gasteiger partial charge >= 0.3 is 0 Å². The highest BCUT2D eigenvalue weighted by atomic mass is 16.5. The van der Waals surface area contributed by atoms with Crippen molar-refractivity contribution < 1.29 is 9.47 Å². The Morgan fingerprint density at radius 1 is 1.37 bits per heavy atom. The summed E-state index contributed by atoms with van der Waals surface area (Å²) in [7, 11) is 2.01.